The van der Waals surface area contributed by atoms with Gasteiger partial charge in [-0.15, -0.1) is 0 Å². The van der Waals surface area contributed by atoms with E-state index in [2.05, 4.69) is 15.6 Å². The Morgan fingerprint density at radius 2 is 1.82 bits per heavy atom. The number of hydrogen-bond acceptors (Lipinski definition) is 3. The topological polar surface area (TPSA) is 77.0 Å². The molecule has 0 aromatic heterocycles. The van der Waals surface area contributed by atoms with Crippen molar-refractivity contribution in [3.8, 4) is 0 Å². The number of aliphatic imine (C=N–C) groups is 1. The molecule has 0 aliphatic carbocycles. The lowest BCUT2D eigenvalue weighted by Gasteiger charge is -2.16. The molecule has 3 N–H and O–H groups in total. The van der Waals surface area contributed by atoms with Crippen LogP contribution in [0.5, 0.6) is 0 Å². The van der Waals surface area contributed by atoms with E-state index in [-0.39, 0.29) is 18.0 Å². The third-order valence-corrected chi connectivity index (χ3v) is 4.10. The summed E-state index contributed by atoms with van der Waals surface area (Å²) in [5, 5.41) is 16.3. The van der Waals surface area contributed by atoms with Gasteiger partial charge in [0, 0.05) is 38.3 Å². The molecule has 150 valence electrons. The molecule has 28 heavy (non-hydrogen) atoms. The van der Waals surface area contributed by atoms with Crippen LogP contribution in [-0.4, -0.2) is 49.1 Å². The van der Waals surface area contributed by atoms with E-state index in [9.17, 15) is 14.3 Å². The second-order valence-corrected chi connectivity index (χ2v) is 6.51. The number of halogens is 1. The molecular weight excluding hydrogens is 359 g/mol. The van der Waals surface area contributed by atoms with Crippen molar-refractivity contribution in [1.82, 2.24) is 15.5 Å². The van der Waals surface area contributed by atoms with Gasteiger partial charge in [0.05, 0.1) is 12.6 Å². The summed E-state index contributed by atoms with van der Waals surface area (Å²) < 4.78 is 13.8. The largest absolute Gasteiger partial charge is 0.386 e. The second kappa shape index (κ2) is 10.4. The number of benzene rings is 2. The minimum Gasteiger partial charge on any atom is -0.386 e. The quantitative estimate of drug-likeness (QED) is 0.504. The van der Waals surface area contributed by atoms with E-state index in [1.807, 2.05) is 19.1 Å². The standard InChI is InChI=1S/C21H27FN4O2/c1-4-23-21(25-14-19(27)17-7-5-6-8-18(17)22)24-13-15-9-11-16(12-10-15)20(28)26(2)3/h5-12,19,27H,4,13-14H2,1-3H3,(H2,23,24,25). The number of hydrogen-bond donors (Lipinski definition) is 3. The van der Waals surface area contributed by atoms with Crippen LogP contribution in [0.25, 0.3) is 0 Å². The number of nitrogens with zero attached hydrogens (tertiary/aromatic N) is 2. The molecule has 7 heteroatoms. The highest BCUT2D eigenvalue weighted by molar-refractivity contribution is 5.93. The van der Waals surface area contributed by atoms with E-state index < -0.39 is 11.9 Å². The Labute approximate surface area is 165 Å². The van der Waals surface area contributed by atoms with Gasteiger partial charge in [-0.2, -0.15) is 0 Å². The highest BCUT2D eigenvalue weighted by Gasteiger charge is 2.12. The van der Waals surface area contributed by atoms with Gasteiger partial charge in [-0.05, 0) is 30.7 Å². The monoisotopic (exact) mass is 386 g/mol. The zero-order valence-corrected chi connectivity index (χ0v) is 16.4. The Morgan fingerprint density at radius 1 is 1.14 bits per heavy atom. The number of guanidine groups is 1. The lowest BCUT2D eigenvalue weighted by atomic mass is 10.1. The fourth-order valence-corrected chi connectivity index (χ4v) is 2.57. The zero-order chi connectivity index (χ0) is 20.5. The van der Waals surface area contributed by atoms with Crippen LogP contribution in [0.2, 0.25) is 0 Å². The smallest absolute Gasteiger partial charge is 0.253 e. The van der Waals surface area contributed by atoms with Gasteiger partial charge in [-0.3, -0.25) is 4.79 Å². The molecular formula is C21H27FN4O2. The summed E-state index contributed by atoms with van der Waals surface area (Å²) in [6.07, 6.45) is -0.985. The molecule has 2 aromatic carbocycles. The minimum absolute atomic E-state index is 0.0489. The van der Waals surface area contributed by atoms with Crippen molar-refractivity contribution in [2.45, 2.75) is 19.6 Å². The number of rotatable bonds is 7. The second-order valence-electron chi connectivity index (χ2n) is 6.51. The van der Waals surface area contributed by atoms with Crippen molar-refractivity contribution in [2.24, 2.45) is 4.99 Å². The van der Waals surface area contributed by atoms with Crippen LogP contribution in [0.4, 0.5) is 4.39 Å². The molecule has 0 spiro atoms. The first-order valence-electron chi connectivity index (χ1n) is 9.17. The summed E-state index contributed by atoms with van der Waals surface area (Å²) in [5.74, 6) is 0.0321. The van der Waals surface area contributed by atoms with Crippen molar-refractivity contribution in [2.75, 3.05) is 27.2 Å². The Balaban J connectivity index is 1.98. The minimum atomic E-state index is -0.985. The highest BCUT2D eigenvalue weighted by atomic mass is 19.1. The lowest BCUT2D eigenvalue weighted by molar-refractivity contribution is 0.0827. The van der Waals surface area contributed by atoms with Gasteiger partial charge in [0.15, 0.2) is 5.96 Å². The average Bonchev–Trinajstić information content (AvgIpc) is 2.70. The maximum absolute atomic E-state index is 13.8. The lowest BCUT2D eigenvalue weighted by Crippen LogP contribution is -2.39. The van der Waals surface area contributed by atoms with Crippen LogP contribution in [0.15, 0.2) is 53.5 Å². The Bertz CT molecular complexity index is 806. The summed E-state index contributed by atoms with van der Waals surface area (Å²) in [4.78, 5) is 17.9. The highest BCUT2D eigenvalue weighted by Crippen LogP contribution is 2.15. The van der Waals surface area contributed by atoms with Gasteiger partial charge in [-0.25, -0.2) is 9.38 Å². The fraction of sp³-hybridized carbons (Fsp3) is 0.333. The van der Waals surface area contributed by atoms with E-state index in [0.29, 0.717) is 24.6 Å². The predicted molar refractivity (Wildman–Crippen MR) is 109 cm³/mol. The summed E-state index contributed by atoms with van der Waals surface area (Å²) in [5.41, 5.74) is 1.81. The molecule has 0 saturated carbocycles. The van der Waals surface area contributed by atoms with Crippen molar-refractivity contribution in [1.29, 1.82) is 0 Å². The molecule has 1 atom stereocenters. The molecule has 2 aromatic rings. The number of aliphatic hydroxyl groups is 1. The number of aliphatic hydroxyl groups excluding tert-OH is 1. The summed E-state index contributed by atoms with van der Waals surface area (Å²) in [6.45, 7) is 3.12. The predicted octanol–water partition coefficient (Wildman–Crippen LogP) is 2.32. The van der Waals surface area contributed by atoms with Crippen molar-refractivity contribution < 1.29 is 14.3 Å². The van der Waals surface area contributed by atoms with Crippen LogP contribution >= 0.6 is 0 Å². The van der Waals surface area contributed by atoms with Crippen LogP contribution in [0, 0.1) is 5.82 Å². The first-order valence-corrected chi connectivity index (χ1v) is 9.17. The molecule has 2 rings (SSSR count). The summed E-state index contributed by atoms with van der Waals surface area (Å²) in [6, 6.07) is 13.4. The van der Waals surface area contributed by atoms with Gasteiger partial charge >= 0.3 is 0 Å². The van der Waals surface area contributed by atoms with E-state index >= 15 is 0 Å². The van der Waals surface area contributed by atoms with E-state index in [4.69, 9.17) is 0 Å². The van der Waals surface area contributed by atoms with Gasteiger partial charge in [0.25, 0.3) is 5.91 Å². The summed E-state index contributed by atoms with van der Waals surface area (Å²) >= 11 is 0. The molecule has 6 nitrogen and oxygen atoms in total. The fourth-order valence-electron chi connectivity index (χ4n) is 2.57. The normalized spacial score (nSPS) is 12.4. The van der Waals surface area contributed by atoms with Gasteiger partial charge < -0.3 is 20.6 Å². The van der Waals surface area contributed by atoms with Crippen LogP contribution in [0.1, 0.15) is 34.5 Å². The van der Waals surface area contributed by atoms with Gasteiger partial charge in [0.1, 0.15) is 5.82 Å². The molecule has 0 radical (unpaired) electrons. The third kappa shape index (κ3) is 6.06. The molecule has 0 aliphatic heterocycles. The molecule has 0 saturated heterocycles. The number of carbonyl (C=O) groups excluding carboxylic acids is 1. The zero-order valence-electron chi connectivity index (χ0n) is 16.4. The van der Waals surface area contributed by atoms with Crippen LogP contribution in [0.3, 0.4) is 0 Å². The molecule has 1 amide bonds. The molecule has 0 aliphatic rings. The van der Waals surface area contributed by atoms with Crippen molar-refractivity contribution in [3.63, 3.8) is 0 Å². The van der Waals surface area contributed by atoms with Crippen molar-refractivity contribution in [3.05, 3.63) is 71.0 Å². The average molecular weight is 386 g/mol. The molecule has 0 bridgehead atoms. The molecule has 0 heterocycles. The number of amides is 1. The first-order chi connectivity index (χ1) is 13.4. The van der Waals surface area contributed by atoms with Crippen molar-refractivity contribution >= 4 is 11.9 Å². The van der Waals surface area contributed by atoms with E-state index in [0.717, 1.165) is 5.56 Å². The number of carbonyl (C=O) groups is 1. The van der Waals surface area contributed by atoms with Gasteiger partial charge in [-0.1, -0.05) is 30.3 Å². The van der Waals surface area contributed by atoms with E-state index in [1.54, 1.807) is 44.4 Å². The maximum Gasteiger partial charge on any atom is 0.253 e. The molecule has 1 unspecified atom stereocenters. The van der Waals surface area contributed by atoms with Crippen LogP contribution in [-0.2, 0) is 6.54 Å². The molecule has 0 fully saturated rings. The van der Waals surface area contributed by atoms with Gasteiger partial charge in [0.2, 0.25) is 0 Å². The third-order valence-electron chi connectivity index (χ3n) is 4.10. The summed E-state index contributed by atoms with van der Waals surface area (Å²) in [7, 11) is 3.43. The number of nitrogens with one attached hydrogen (secondary N) is 2. The Hall–Kier alpha value is -2.93. The van der Waals surface area contributed by atoms with E-state index in [1.165, 1.54) is 11.0 Å². The Morgan fingerprint density at radius 3 is 2.43 bits per heavy atom. The van der Waals surface area contributed by atoms with Crippen LogP contribution < -0.4 is 10.6 Å². The SMILES string of the molecule is CCNC(=NCc1ccc(C(=O)N(C)C)cc1)NCC(O)c1ccccc1F. The maximum atomic E-state index is 13.8. The Kier molecular flexibility index (Phi) is 7.95. The first kappa shape index (κ1) is 21.4.